The van der Waals surface area contributed by atoms with E-state index in [0.29, 0.717) is 25.9 Å². The van der Waals surface area contributed by atoms with Gasteiger partial charge in [-0.1, -0.05) is 315 Å². The van der Waals surface area contributed by atoms with E-state index in [1.165, 1.54) is 289 Å². The van der Waals surface area contributed by atoms with E-state index in [1.54, 1.807) is 0 Å². The van der Waals surface area contributed by atoms with Crippen molar-refractivity contribution in [1.82, 2.24) is 5.32 Å². The first-order valence-corrected chi connectivity index (χ1v) is 32.4. The smallest absolute Gasteiger partial charge is 0.305 e. The van der Waals surface area contributed by atoms with E-state index < -0.39 is 12.1 Å². The standard InChI is InChI=1S/C65H127NO5/c1-3-5-7-9-11-13-15-17-19-21-23-24-25-29-33-37-41-45-49-53-57-63(68)62(61-67)66-64(69)58-54-50-46-42-38-34-30-27-28-32-36-40-44-48-52-56-60-71-65(70)59-55-51-47-43-39-35-31-26-22-20-18-16-14-12-10-8-6-4-2/h20,22,62-63,67-68H,3-19,21,23-61H2,1-2H3,(H,66,69)/b22-20-. The number of aliphatic hydroxyl groups is 2. The van der Waals surface area contributed by atoms with Crippen LogP contribution in [0.3, 0.4) is 0 Å². The molecule has 0 saturated heterocycles. The van der Waals surface area contributed by atoms with Crippen LogP contribution in [-0.4, -0.2) is 47.4 Å². The van der Waals surface area contributed by atoms with Crippen LogP contribution in [0, 0.1) is 0 Å². The van der Waals surface area contributed by atoms with Crippen LogP contribution in [0.2, 0.25) is 0 Å². The van der Waals surface area contributed by atoms with Gasteiger partial charge in [0.1, 0.15) is 0 Å². The zero-order valence-electron chi connectivity index (χ0n) is 48.2. The number of nitrogens with one attached hydrogen (secondary N) is 1. The third-order valence-electron chi connectivity index (χ3n) is 15.3. The molecular weight excluding hydrogens is 875 g/mol. The van der Waals surface area contributed by atoms with Crippen molar-refractivity contribution in [2.45, 2.75) is 379 Å². The summed E-state index contributed by atoms with van der Waals surface area (Å²) in [5, 5.41) is 23.4. The van der Waals surface area contributed by atoms with Crippen molar-refractivity contribution in [1.29, 1.82) is 0 Å². The highest BCUT2D eigenvalue weighted by atomic mass is 16.5. The van der Waals surface area contributed by atoms with E-state index in [-0.39, 0.29) is 18.5 Å². The highest BCUT2D eigenvalue weighted by Gasteiger charge is 2.20. The van der Waals surface area contributed by atoms with Crippen LogP contribution in [0.4, 0.5) is 0 Å². The zero-order valence-corrected chi connectivity index (χ0v) is 48.2. The highest BCUT2D eigenvalue weighted by Crippen LogP contribution is 2.18. The first-order valence-electron chi connectivity index (χ1n) is 32.4. The molecule has 0 aliphatic heterocycles. The number of carbonyl (C=O) groups excluding carboxylic acids is 2. The molecule has 6 heteroatoms. The fraction of sp³-hybridized carbons (Fsp3) is 0.938. The molecule has 0 aromatic heterocycles. The molecule has 2 atom stereocenters. The van der Waals surface area contributed by atoms with Crippen LogP contribution >= 0.6 is 0 Å². The highest BCUT2D eigenvalue weighted by molar-refractivity contribution is 5.76. The van der Waals surface area contributed by atoms with Crippen molar-refractivity contribution in [3.8, 4) is 0 Å². The number of ether oxygens (including phenoxy) is 1. The summed E-state index contributed by atoms with van der Waals surface area (Å²) in [6.45, 7) is 4.97. The van der Waals surface area contributed by atoms with Gasteiger partial charge in [0.05, 0.1) is 25.4 Å². The Bertz CT molecular complexity index is 1060. The number of aliphatic hydroxyl groups excluding tert-OH is 2. The first-order chi connectivity index (χ1) is 35.0. The van der Waals surface area contributed by atoms with Crippen molar-refractivity contribution in [2.75, 3.05) is 13.2 Å². The summed E-state index contributed by atoms with van der Waals surface area (Å²) in [5.41, 5.74) is 0. The van der Waals surface area contributed by atoms with E-state index >= 15 is 0 Å². The van der Waals surface area contributed by atoms with Gasteiger partial charge in [-0.3, -0.25) is 9.59 Å². The van der Waals surface area contributed by atoms with Gasteiger partial charge in [0, 0.05) is 12.8 Å². The topological polar surface area (TPSA) is 95.9 Å². The number of hydrogen-bond donors (Lipinski definition) is 3. The van der Waals surface area contributed by atoms with Gasteiger partial charge in [-0.05, 0) is 51.4 Å². The number of carbonyl (C=O) groups is 2. The van der Waals surface area contributed by atoms with Crippen LogP contribution in [0.5, 0.6) is 0 Å². The van der Waals surface area contributed by atoms with Crippen LogP contribution in [0.1, 0.15) is 367 Å². The fourth-order valence-corrected chi connectivity index (χ4v) is 10.3. The second-order valence-corrected chi connectivity index (χ2v) is 22.5. The molecule has 422 valence electrons. The molecule has 2 unspecified atom stereocenters. The molecule has 71 heavy (non-hydrogen) atoms. The monoisotopic (exact) mass is 1000 g/mol. The molecule has 0 rings (SSSR count). The summed E-state index contributed by atoms with van der Waals surface area (Å²) in [6, 6.07) is -0.547. The average molecular weight is 1000 g/mol. The number of esters is 1. The van der Waals surface area contributed by atoms with Crippen molar-refractivity contribution in [3.05, 3.63) is 12.2 Å². The van der Waals surface area contributed by atoms with Gasteiger partial charge in [0.15, 0.2) is 0 Å². The van der Waals surface area contributed by atoms with Gasteiger partial charge < -0.3 is 20.3 Å². The third kappa shape index (κ3) is 57.7. The Balaban J connectivity index is 3.40. The number of hydrogen-bond acceptors (Lipinski definition) is 5. The van der Waals surface area contributed by atoms with E-state index in [2.05, 4.69) is 31.3 Å². The summed E-state index contributed by atoms with van der Waals surface area (Å²) in [5.74, 6) is -0.0362. The summed E-state index contributed by atoms with van der Waals surface area (Å²) in [7, 11) is 0. The minimum Gasteiger partial charge on any atom is -0.466 e. The third-order valence-corrected chi connectivity index (χ3v) is 15.3. The normalized spacial score (nSPS) is 12.6. The summed E-state index contributed by atoms with van der Waals surface area (Å²) >= 11 is 0. The number of allylic oxidation sites excluding steroid dienone is 2. The van der Waals surface area contributed by atoms with Gasteiger partial charge >= 0.3 is 5.97 Å². The molecule has 0 radical (unpaired) electrons. The maximum Gasteiger partial charge on any atom is 0.305 e. The quantitative estimate of drug-likeness (QED) is 0.0320. The van der Waals surface area contributed by atoms with E-state index in [1.807, 2.05) is 0 Å². The SMILES string of the molecule is CCCCCCCCC/C=C\CCCCCCCCCC(=O)OCCCCCCCCCCCCCCCCCCC(=O)NC(CO)C(O)CCCCCCCCCCCCCCCCCCCCCC. The molecule has 0 aromatic carbocycles. The number of rotatable bonds is 61. The summed E-state index contributed by atoms with van der Waals surface area (Å²) < 4.78 is 5.49. The van der Waals surface area contributed by atoms with Crippen molar-refractivity contribution in [2.24, 2.45) is 0 Å². The zero-order chi connectivity index (χ0) is 51.4. The fourth-order valence-electron chi connectivity index (χ4n) is 10.3. The Morgan fingerprint density at radius 1 is 0.380 bits per heavy atom. The lowest BCUT2D eigenvalue weighted by Crippen LogP contribution is -2.45. The van der Waals surface area contributed by atoms with E-state index in [0.717, 1.165) is 44.9 Å². The van der Waals surface area contributed by atoms with Gasteiger partial charge in [-0.15, -0.1) is 0 Å². The molecule has 0 bridgehead atoms. The van der Waals surface area contributed by atoms with Crippen molar-refractivity contribution >= 4 is 11.9 Å². The molecule has 0 aliphatic rings. The molecule has 0 spiro atoms. The number of amides is 1. The second kappa shape index (κ2) is 61.1. The molecule has 0 heterocycles. The lowest BCUT2D eigenvalue weighted by Gasteiger charge is -2.22. The predicted molar refractivity (Wildman–Crippen MR) is 310 cm³/mol. The number of unbranched alkanes of at least 4 members (excludes halogenated alkanes) is 48. The van der Waals surface area contributed by atoms with Gasteiger partial charge in [-0.25, -0.2) is 0 Å². The Labute approximate surface area is 444 Å². The first kappa shape index (κ1) is 69.6. The van der Waals surface area contributed by atoms with Crippen LogP contribution in [-0.2, 0) is 14.3 Å². The Hall–Kier alpha value is -1.40. The van der Waals surface area contributed by atoms with E-state index in [4.69, 9.17) is 4.74 Å². The average Bonchev–Trinajstić information content (AvgIpc) is 3.37. The predicted octanol–water partition coefficient (Wildman–Crippen LogP) is 20.4. The molecule has 3 N–H and O–H groups in total. The molecular formula is C65H127NO5. The Kier molecular flexibility index (Phi) is 59.9. The minimum atomic E-state index is -0.669. The lowest BCUT2D eigenvalue weighted by molar-refractivity contribution is -0.143. The molecule has 0 aliphatic carbocycles. The minimum absolute atomic E-state index is 0.00157. The molecule has 0 aromatic rings. The Morgan fingerprint density at radius 3 is 1.00 bits per heavy atom. The molecule has 0 saturated carbocycles. The summed E-state index contributed by atoms with van der Waals surface area (Å²) in [6.07, 6.45) is 73.6. The molecule has 1 amide bonds. The Morgan fingerprint density at radius 2 is 0.662 bits per heavy atom. The second-order valence-electron chi connectivity index (χ2n) is 22.5. The lowest BCUT2D eigenvalue weighted by atomic mass is 10.0. The van der Waals surface area contributed by atoms with Gasteiger partial charge in [-0.2, -0.15) is 0 Å². The largest absolute Gasteiger partial charge is 0.466 e. The van der Waals surface area contributed by atoms with Crippen molar-refractivity contribution in [3.63, 3.8) is 0 Å². The molecule has 0 fully saturated rings. The van der Waals surface area contributed by atoms with Crippen molar-refractivity contribution < 1.29 is 24.5 Å². The van der Waals surface area contributed by atoms with Gasteiger partial charge in [0.25, 0.3) is 0 Å². The van der Waals surface area contributed by atoms with Gasteiger partial charge in [0.2, 0.25) is 5.91 Å². The van der Waals surface area contributed by atoms with Crippen LogP contribution in [0.25, 0.3) is 0 Å². The molecule has 6 nitrogen and oxygen atoms in total. The maximum atomic E-state index is 12.5. The van der Waals surface area contributed by atoms with Crippen LogP contribution < -0.4 is 5.32 Å². The maximum absolute atomic E-state index is 12.5. The van der Waals surface area contributed by atoms with E-state index in [9.17, 15) is 19.8 Å². The summed E-state index contributed by atoms with van der Waals surface area (Å²) in [4.78, 5) is 24.6. The van der Waals surface area contributed by atoms with Crippen LogP contribution in [0.15, 0.2) is 12.2 Å².